The number of nitrogens with zero attached hydrogens (tertiary/aromatic N) is 1. The predicted molar refractivity (Wildman–Crippen MR) is 54.9 cm³/mol. The zero-order valence-electron chi connectivity index (χ0n) is 8.91. The highest BCUT2D eigenvalue weighted by atomic mass is 19.3. The van der Waals surface area contributed by atoms with Crippen molar-refractivity contribution < 1.29 is 13.9 Å². The Morgan fingerprint density at radius 1 is 1.27 bits per heavy atom. The molecule has 15 heavy (non-hydrogen) atoms. The van der Waals surface area contributed by atoms with E-state index < -0.39 is 6.43 Å². The average Bonchev–Trinajstić information content (AvgIpc) is 2.17. The molecule has 0 spiro atoms. The van der Waals surface area contributed by atoms with Crippen LogP contribution < -0.4 is 5.73 Å². The van der Waals surface area contributed by atoms with E-state index in [1.165, 1.54) is 0 Å². The molecule has 0 saturated heterocycles. The number of rotatable bonds is 5. The number of aliphatic hydroxyl groups excluding tert-OH is 1. The van der Waals surface area contributed by atoms with Crippen LogP contribution in [-0.2, 0) is 0 Å². The molecule has 0 aromatic carbocycles. The number of alkyl halides is 2. The summed E-state index contributed by atoms with van der Waals surface area (Å²) in [6.07, 6.45) is 1.21. The third-order valence-corrected chi connectivity index (χ3v) is 3.02. The van der Waals surface area contributed by atoms with E-state index in [1.807, 2.05) is 0 Å². The van der Waals surface area contributed by atoms with E-state index in [0.29, 0.717) is 6.54 Å². The van der Waals surface area contributed by atoms with Crippen LogP contribution in [-0.4, -0.2) is 48.2 Å². The van der Waals surface area contributed by atoms with Crippen molar-refractivity contribution in [3.05, 3.63) is 0 Å². The second kappa shape index (κ2) is 6.35. The largest absolute Gasteiger partial charge is 0.395 e. The van der Waals surface area contributed by atoms with Crippen molar-refractivity contribution in [1.29, 1.82) is 0 Å². The highest BCUT2D eigenvalue weighted by Crippen LogP contribution is 2.22. The average molecular weight is 222 g/mol. The van der Waals surface area contributed by atoms with Crippen LogP contribution in [0.4, 0.5) is 8.78 Å². The smallest absolute Gasteiger partial charge is 0.251 e. The molecule has 1 aliphatic carbocycles. The molecule has 0 amide bonds. The lowest BCUT2D eigenvalue weighted by Crippen LogP contribution is -2.44. The molecular formula is C10H20F2N2O. The van der Waals surface area contributed by atoms with E-state index in [9.17, 15) is 8.78 Å². The van der Waals surface area contributed by atoms with Gasteiger partial charge < -0.3 is 10.8 Å². The van der Waals surface area contributed by atoms with Crippen LogP contribution in [0, 0.1) is 0 Å². The molecular weight excluding hydrogens is 202 g/mol. The Bertz CT molecular complexity index is 173. The van der Waals surface area contributed by atoms with E-state index >= 15 is 0 Å². The Labute approximate surface area is 89.2 Å². The van der Waals surface area contributed by atoms with Gasteiger partial charge in [-0.15, -0.1) is 0 Å². The summed E-state index contributed by atoms with van der Waals surface area (Å²) in [4.78, 5) is 1.69. The highest BCUT2D eigenvalue weighted by molar-refractivity contribution is 4.81. The molecule has 0 aromatic heterocycles. The molecule has 1 rings (SSSR count). The first-order valence-corrected chi connectivity index (χ1v) is 5.52. The molecule has 0 heterocycles. The summed E-state index contributed by atoms with van der Waals surface area (Å²) in [6, 6.07) is 0.398. The number of nitrogens with two attached hydrogens (primary N) is 1. The molecule has 0 aliphatic heterocycles. The first-order chi connectivity index (χ1) is 7.13. The van der Waals surface area contributed by atoms with Gasteiger partial charge in [-0.3, -0.25) is 4.90 Å². The van der Waals surface area contributed by atoms with Gasteiger partial charge in [-0.05, 0) is 25.7 Å². The molecule has 0 aromatic rings. The Hall–Kier alpha value is -0.260. The summed E-state index contributed by atoms with van der Waals surface area (Å²) >= 11 is 0. The van der Waals surface area contributed by atoms with Gasteiger partial charge in [-0.25, -0.2) is 8.78 Å². The Morgan fingerprint density at radius 2 is 1.87 bits per heavy atom. The Morgan fingerprint density at radius 3 is 2.33 bits per heavy atom. The number of hydrogen-bond donors (Lipinski definition) is 2. The maximum Gasteiger partial charge on any atom is 0.251 e. The number of halogens is 2. The molecule has 0 unspecified atom stereocenters. The standard InChI is InChI=1S/C10H20F2N2O/c11-10(12)7-14(5-6-15)9-3-1-8(13)2-4-9/h8-10,15H,1-7,13H2. The summed E-state index contributed by atoms with van der Waals surface area (Å²) in [7, 11) is 0. The molecule has 0 radical (unpaired) electrons. The van der Waals surface area contributed by atoms with Crippen molar-refractivity contribution in [2.75, 3.05) is 19.7 Å². The molecule has 1 fully saturated rings. The summed E-state index contributed by atoms with van der Waals surface area (Å²) in [6.45, 7) is 0.0416. The Kier molecular flexibility index (Phi) is 5.42. The van der Waals surface area contributed by atoms with Crippen LogP contribution in [0.25, 0.3) is 0 Å². The van der Waals surface area contributed by atoms with Gasteiger partial charge in [0, 0.05) is 18.6 Å². The monoisotopic (exact) mass is 222 g/mol. The van der Waals surface area contributed by atoms with Crippen molar-refractivity contribution in [3.8, 4) is 0 Å². The van der Waals surface area contributed by atoms with Gasteiger partial charge in [-0.1, -0.05) is 0 Å². The SMILES string of the molecule is NC1CCC(N(CCO)CC(F)F)CC1. The number of aliphatic hydroxyl groups is 1. The molecule has 1 aliphatic rings. The first kappa shape index (κ1) is 12.8. The lowest BCUT2D eigenvalue weighted by atomic mass is 9.91. The fourth-order valence-corrected chi connectivity index (χ4v) is 2.20. The van der Waals surface area contributed by atoms with Crippen molar-refractivity contribution in [2.45, 2.75) is 44.2 Å². The van der Waals surface area contributed by atoms with Gasteiger partial charge in [0.05, 0.1) is 13.2 Å². The third kappa shape index (κ3) is 4.40. The zero-order valence-corrected chi connectivity index (χ0v) is 8.91. The minimum atomic E-state index is -2.33. The molecule has 1 saturated carbocycles. The van der Waals surface area contributed by atoms with E-state index in [-0.39, 0.29) is 25.2 Å². The maximum absolute atomic E-state index is 12.3. The van der Waals surface area contributed by atoms with Crippen LogP contribution in [0.15, 0.2) is 0 Å². The van der Waals surface area contributed by atoms with Gasteiger partial charge in [0.2, 0.25) is 0 Å². The first-order valence-electron chi connectivity index (χ1n) is 5.52. The van der Waals surface area contributed by atoms with Crippen molar-refractivity contribution in [1.82, 2.24) is 4.90 Å². The van der Waals surface area contributed by atoms with E-state index in [4.69, 9.17) is 10.8 Å². The quantitative estimate of drug-likeness (QED) is 0.724. The van der Waals surface area contributed by atoms with Crippen molar-refractivity contribution in [3.63, 3.8) is 0 Å². The third-order valence-electron chi connectivity index (χ3n) is 3.02. The van der Waals surface area contributed by atoms with Gasteiger partial charge in [0.25, 0.3) is 6.43 Å². The topological polar surface area (TPSA) is 49.5 Å². The van der Waals surface area contributed by atoms with Gasteiger partial charge in [0.1, 0.15) is 0 Å². The van der Waals surface area contributed by atoms with Crippen molar-refractivity contribution >= 4 is 0 Å². The lowest BCUT2D eigenvalue weighted by molar-refractivity contribution is 0.0426. The molecule has 3 nitrogen and oxygen atoms in total. The number of hydrogen-bond acceptors (Lipinski definition) is 3. The minimum Gasteiger partial charge on any atom is -0.395 e. The van der Waals surface area contributed by atoms with Crippen LogP contribution in [0.2, 0.25) is 0 Å². The minimum absolute atomic E-state index is 0.0602. The fraction of sp³-hybridized carbons (Fsp3) is 1.00. The van der Waals surface area contributed by atoms with Crippen LogP contribution in [0.1, 0.15) is 25.7 Å². The molecule has 5 heteroatoms. The summed E-state index contributed by atoms with van der Waals surface area (Å²) < 4.78 is 24.6. The lowest BCUT2D eigenvalue weighted by Gasteiger charge is -2.35. The predicted octanol–water partition coefficient (Wildman–Crippen LogP) is 0.816. The van der Waals surface area contributed by atoms with E-state index in [2.05, 4.69) is 0 Å². The fourth-order valence-electron chi connectivity index (χ4n) is 2.20. The van der Waals surface area contributed by atoms with Gasteiger partial charge in [-0.2, -0.15) is 0 Å². The normalized spacial score (nSPS) is 27.6. The molecule has 0 bridgehead atoms. The highest BCUT2D eigenvalue weighted by Gasteiger charge is 2.25. The second-order valence-corrected chi connectivity index (χ2v) is 4.18. The molecule has 90 valence electrons. The second-order valence-electron chi connectivity index (χ2n) is 4.18. The van der Waals surface area contributed by atoms with Gasteiger partial charge >= 0.3 is 0 Å². The van der Waals surface area contributed by atoms with E-state index in [1.54, 1.807) is 4.90 Å². The summed E-state index contributed by atoms with van der Waals surface area (Å²) in [5.74, 6) is 0. The molecule has 0 atom stereocenters. The summed E-state index contributed by atoms with van der Waals surface area (Å²) in [5.41, 5.74) is 5.76. The van der Waals surface area contributed by atoms with E-state index in [0.717, 1.165) is 25.7 Å². The maximum atomic E-state index is 12.3. The zero-order chi connectivity index (χ0) is 11.3. The Balaban J connectivity index is 2.40. The van der Waals surface area contributed by atoms with Crippen LogP contribution in [0.5, 0.6) is 0 Å². The summed E-state index contributed by atoms with van der Waals surface area (Å²) in [5, 5.41) is 8.82. The molecule has 3 N–H and O–H groups in total. The van der Waals surface area contributed by atoms with Crippen LogP contribution in [0.3, 0.4) is 0 Å². The van der Waals surface area contributed by atoms with Crippen molar-refractivity contribution in [2.24, 2.45) is 5.73 Å². The van der Waals surface area contributed by atoms with Gasteiger partial charge in [0.15, 0.2) is 0 Å². The van der Waals surface area contributed by atoms with Crippen LogP contribution >= 0.6 is 0 Å².